The second-order valence-electron chi connectivity index (χ2n) is 8.71. The second-order valence-corrected chi connectivity index (χ2v) is 9.15. The highest BCUT2D eigenvalue weighted by atomic mass is 35.5. The van der Waals surface area contributed by atoms with Crippen molar-refractivity contribution in [3.05, 3.63) is 145 Å². The van der Waals surface area contributed by atoms with Crippen LogP contribution in [0.2, 0.25) is 5.02 Å². The lowest BCUT2D eigenvalue weighted by Crippen LogP contribution is -1.92. The Morgan fingerprint density at radius 1 is 0.343 bits per heavy atom. The van der Waals surface area contributed by atoms with E-state index in [0.717, 1.165) is 10.6 Å². The molecule has 0 saturated carbocycles. The maximum absolute atomic E-state index is 6.24. The molecule has 6 rings (SSSR count). The van der Waals surface area contributed by atoms with Crippen LogP contribution >= 0.6 is 11.6 Å². The van der Waals surface area contributed by atoms with Gasteiger partial charge in [-0.05, 0) is 79.5 Å². The van der Waals surface area contributed by atoms with Gasteiger partial charge in [-0.1, -0.05) is 127 Å². The SMILES string of the molecule is Clc1ccc(-c2ccc(-c3ccccc3)c3cc(-c4ccccc4)cc(-c4ccccc4)c23)cc1. The molecule has 0 aliphatic carbocycles. The van der Waals surface area contributed by atoms with Gasteiger partial charge in [-0.15, -0.1) is 0 Å². The Labute approximate surface area is 211 Å². The smallest absolute Gasteiger partial charge is 0.0406 e. The lowest BCUT2D eigenvalue weighted by Gasteiger charge is -2.18. The first-order chi connectivity index (χ1) is 17.3. The van der Waals surface area contributed by atoms with Crippen LogP contribution in [0.5, 0.6) is 0 Å². The number of rotatable bonds is 4. The largest absolute Gasteiger partial charge is 0.0843 e. The highest BCUT2D eigenvalue weighted by Gasteiger charge is 2.16. The van der Waals surface area contributed by atoms with Crippen LogP contribution in [-0.4, -0.2) is 0 Å². The summed E-state index contributed by atoms with van der Waals surface area (Å²) in [6.45, 7) is 0. The highest BCUT2D eigenvalue weighted by molar-refractivity contribution is 6.30. The molecule has 0 aromatic heterocycles. The standard InChI is InChI=1S/C34H23Cl/c35-29-18-16-27(17-19-29)31-21-20-30(25-12-6-2-7-13-25)33-23-28(24-10-4-1-5-11-24)22-32(34(31)33)26-14-8-3-9-15-26/h1-23H. The molecule has 0 bridgehead atoms. The predicted octanol–water partition coefficient (Wildman–Crippen LogP) is 10.2. The number of halogens is 1. The minimum atomic E-state index is 0.744. The molecule has 35 heavy (non-hydrogen) atoms. The van der Waals surface area contributed by atoms with E-state index in [0.29, 0.717) is 0 Å². The topological polar surface area (TPSA) is 0 Å². The number of hydrogen-bond donors (Lipinski definition) is 0. The van der Waals surface area contributed by atoms with Crippen molar-refractivity contribution in [1.29, 1.82) is 0 Å². The summed E-state index contributed by atoms with van der Waals surface area (Å²) >= 11 is 6.24. The molecular formula is C34H23Cl. The maximum Gasteiger partial charge on any atom is 0.0406 e. The molecule has 0 fully saturated rings. The van der Waals surface area contributed by atoms with Crippen molar-refractivity contribution < 1.29 is 0 Å². The van der Waals surface area contributed by atoms with Gasteiger partial charge in [0.15, 0.2) is 0 Å². The van der Waals surface area contributed by atoms with Crippen molar-refractivity contribution in [2.45, 2.75) is 0 Å². The Morgan fingerprint density at radius 2 is 0.829 bits per heavy atom. The molecule has 0 nitrogen and oxygen atoms in total. The molecule has 0 atom stereocenters. The fourth-order valence-corrected chi connectivity index (χ4v) is 4.99. The zero-order chi connectivity index (χ0) is 23.6. The number of benzene rings is 6. The molecule has 6 aromatic rings. The molecule has 166 valence electrons. The van der Waals surface area contributed by atoms with Gasteiger partial charge in [0.2, 0.25) is 0 Å². The van der Waals surface area contributed by atoms with E-state index in [2.05, 4.69) is 127 Å². The van der Waals surface area contributed by atoms with E-state index in [4.69, 9.17) is 11.6 Å². The van der Waals surface area contributed by atoms with Gasteiger partial charge in [0.25, 0.3) is 0 Å². The van der Waals surface area contributed by atoms with E-state index in [-0.39, 0.29) is 0 Å². The van der Waals surface area contributed by atoms with Crippen LogP contribution in [0.15, 0.2) is 140 Å². The molecule has 0 aliphatic rings. The fourth-order valence-electron chi connectivity index (χ4n) is 4.87. The lowest BCUT2D eigenvalue weighted by atomic mass is 9.85. The minimum Gasteiger partial charge on any atom is -0.0843 e. The molecule has 0 heterocycles. The van der Waals surface area contributed by atoms with Crippen molar-refractivity contribution in [2.24, 2.45) is 0 Å². The van der Waals surface area contributed by atoms with Crippen molar-refractivity contribution in [2.75, 3.05) is 0 Å². The molecular weight excluding hydrogens is 444 g/mol. The summed E-state index contributed by atoms with van der Waals surface area (Å²) in [7, 11) is 0. The van der Waals surface area contributed by atoms with Crippen LogP contribution < -0.4 is 0 Å². The first-order valence-corrected chi connectivity index (χ1v) is 12.2. The summed E-state index contributed by atoms with van der Waals surface area (Å²) in [6, 6.07) is 49.3. The zero-order valence-electron chi connectivity index (χ0n) is 19.2. The maximum atomic E-state index is 6.24. The van der Waals surface area contributed by atoms with Gasteiger partial charge < -0.3 is 0 Å². The predicted molar refractivity (Wildman–Crippen MR) is 151 cm³/mol. The monoisotopic (exact) mass is 466 g/mol. The van der Waals surface area contributed by atoms with E-state index in [9.17, 15) is 0 Å². The molecule has 0 radical (unpaired) electrons. The van der Waals surface area contributed by atoms with Gasteiger partial charge in [-0.2, -0.15) is 0 Å². The zero-order valence-corrected chi connectivity index (χ0v) is 19.9. The fraction of sp³-hybridized carbons (Fsp3) is 0. The van der Waals surface area contributed by atoms with Crippen molar-refractivity contribution in [3.8, 4) is 44.5 Å². The van der Waals surface area contributed by atoms with Gasteiger partial charge in [0, 0.05) is 5.02 Å². The van der Waals surface area contributed by atoms with Crippen LogP contribution in [0.3, 0.4) is 0 Å². The molecule has 6 aromatic carbocycles. The normalized spacial score (nSPS) is 11.0. The Hall–Kier alpha value is -4.13. The van der Waals surface area contributed by atoms with Crippen molar-refractivity contribution >= 4 is 22.4 Å². The van der Waals surface area contributed by atoms with Crippen molar-refractivity contribution in [3.63, 3.8) is 0 Å². The molecule has 1 heteroatoms. The third-order valence-corrected chi connectivity index (χ3v) is 6.80. The van der Waals surface area contributed by atoms with E-state index in [1.807, 2.05) is 12.1 Å². The Balaban J connectivity index is 1.76. The first kappa shape index (κ1) is 21.4. The van der Waals surface area contributed by atoms with Gasteiger partial charge >= 0.3 is 0 Å². The van der Waals surface area contributed by atoms with Crippen LogP contribution in [0, 0.1) is 0 Å². The van der Waals surface area contributed by atoms with Gasteiger partial charge in [-0.25, -0.2) is 0 Å². The highest BCUT2D eigenvalue weighted by Crippen LogP contribution is 2.43. The van der Waals surface area contributed by atoms with Crippen LogP contribution in [-0.2, 0) is 0 Å². The summed E-state index contributed by atoms with van der Waals surface area (Å²) < 4.78 is 0. The minimum absolute atomic E-state index is 0.744. The van der Waals surface area contributed by atoms with E-state index in [1.54, 1.807) is 0 Å². The quantitative estimate of drug-likeness (QED) is 0.242. The summed E-state index contributed by atoms with van der Waals surface area (Å²) in [4.78, 5) is 0. The third kappa shape index (κ3) is 4.14. The summed E-state index contributed by atoms with van der Waals surface area (Å²) in [5.74, 6) is 0. The first-order valence-electron chi connectivity index (χ1n) is 11.8. The van der Waals surface area contributed by atoms with Gasteiger partial charge in [0.05, 0.1) is 0 Å². The summed E-state index contributed by atoms with van der Waals surface area (Å²) in [5.41, 5.74) is 9.65. The van der Waals surface area contributed by atoms with E-state index in [1.165, 1.54) is 49.7 Å². The Morgan fingerprint density at radius 3 is 1.43 bits per heavy atom. The van der Waals surface area contributed by atoms with Gasteiger partial charge in [-0.3, -0.25) is 0 Å². The Kier molecular flexibility index (Phi) is 5.66. The lowest BCUT2D eigenvalue weighted by molar-refractivity contribution is 1.59. The summed E-state index contributed by atoms with van der Waals surface area (Å²) in [6.07, 6.45) is 0. The summed E-state index contributed by atoms with van der Waals surface area (Å²) in [5, 5.41) is 3.23. The molecule has 0 aliphatic heterocycles. The van der Waals surface area contributed by atoms with Crippen LogP contribution in [0.1, 0.15) is 0 Å². The molecule has 0 amide bonds. The molecule has 0 unspecified atom stereocenters. The second kappa shape index (κ2) is 9.25. The van der Waals surface area contributed by atoms with Crippen LogP contribution in [0.4, 0.5) is 0 Å². The number of fused-ring (bicyclic) bond motifs is 1. The van der Waals surface area contributed by atoms with E-state index >= 15 is 0 Å². The Bertz CT molecular complexity index is 1600. The molecule has 0 saturated heterocycles. The average Bonchev–Trinajstić information content (AvgIpc) is 2.94. The molecule has 0 spiro atoms. The van der Waals surface area contributed by atoms with Crippen LogP contribution in [0.25, 0.3) is 55.3 Å². The average molecular weight is 467 g/mol. The third-order valence-electron chi connectivity index (χ3n) is 6.55. The van der Waals surface area contributed by atoms with E-state index < -0.39 is 0 Å². The number of hydrogen-bond acceptors (Lipinski definition) is 0. The van der Waals surface area contributed by atoms with Crippen molar-refractivity contribution in [1.82, 2.24) is 0 Å². The van der Waals surface area contributed by atoms with Gasteiger partial charge in [0.1, 0.15) is 0 Å². The molecule has 0 N–H and O–H groups in total.